The van der Waals surface area contributed by atoms with E-state index < -0.39 is 0 Å². The van der Waals surface area contributed by atoms with Gasteiger partial charge in [0.15, 0.2) is 0 Å². The summed E-state index contributed by atoms with van der Waals surface area (Å²) in [6.45, 7) is 2.15. The zero-order valence-corrected chi connectivity index (χ0v) is 7.48. The van der Waals surface area contributed by atoms with Gasteiger partial charge in [-0.15, -0.1) is 0 Å². The first-order valence-electron chi connectivity index (χ1n) is 4.92. The molecule has 0 aromatic rings. The Hall–Kier alpha value is -0.0700. The fourth-order valence-electron chi connectivity index (χ4n) is 2.08. The summed E-state index contributed by atoms with van der Waals surface area (Å²) in [5.41, 5.74) is 0. The van der Waals surface area contributed by atoms with Crippen LogP contribution in [-0.2, 0) is 0 Å². The summed E-state index contributed by atoms with van der Waals surface area (Å²) < 4.78 is 12.0. The summed E-state index contributed by atoms with van der Waals surface area (Å²) in [7, 11) is 0. The molecule has 11 heavy (non-hydrogen) atoms. The Balaban J connectivity index is 2.14. The highest BCUT2D eigenvalue weighted by Crippen LogP contribution is 2.32. The molecule has 0 spiro atoms. The minimum absolute atomic E-state index is 0.110. The van der Waals surface area contributed by atoms with Gasteiger partial charge in [-0.25, -0.2) is 0 Å². The van der Waals surface area contributed by atoms with Crippen LogP contribution in [0.1, 0.15) is 45.4 Å². The second-order valence-electron chi connectivity index (χ2n) is 3.77. The molecule has 0 aliphatic heterocycles. The number of hydrogen-bond donors (Lipinski definition) is 0. The van der Waals surface area contributed by atoms with E-state index in [0.29, 0.717) is 5.92 Å². The van der Waals surface area contributed by atoms with Crippen molar-refractivity contribution in [3.8, 4) is 0 Å². The Morgan fingerprint density at radius 1 is 1.09 bits per heavy atom. The summed E-state index contributed by atoms with van der Waals surface area (Å²) in [5, 5.41) is 0. The molecule has 1 saturated carbocycles. The molecule has 1 rings (SSSR count). The molecule has 1 aliphatic rings. The van der Waals surface area contributed by atoms with E-state index in [2.05, 4.69) is 6.92 Å². The molecule has 1 fully saturated rings. The fraction of sp³-hybridized carbons (Fsp3) is 1.00. The molecular weight excluding hydrogens is 139 g/mol. The number of halogens is 1. The number of alkyl halides is 1. The summed E-state index contributed by atoms with van der Waals surface area (Å²) in [6, 6.07) is 0. The van der Waals surface area contributed by atoms with Crippen LogP contribution in [0.5, 0.6) is 0 Å². The van der Waals surface area contributed by atoms with Gasteiger partial charge in [0, 0.05) is 0 Å². The molecule has 0 nitrogen and oxygen atoms in total. The number of hydrogen-bond acceptors (Lipinski definition) is 0. The van der Waals surface area contributed by atoms with E-state index in [-0.39, 0.29) is 6.67 Å². The van der Waals surface area contributed by atoms with Gasteiger partial charge in [-0.2, -0.15) is 0 Å². The van der Waals surface area contributed by atoms with Crippen molar-refractivity contribution in [2.45, 2.75) is 45.4 Å². The minimum atomic E-state index is -0.110. The Bertz CT molecular complexity index is 93.0. The van der Waals surface area contributed by atoms with Crippen molar-refractivity contribution in [3.05, 3.63) is 0 Å². The SMILES string of the molecule is CCC1CCC(CCF)CC1. The molecule has 0 aromatic heterocycles. The molecule has 0 amide bonds. The molecule has 0 bridgehead atoms. The Kier molecular flexibility index (Phi) is 3.88. The summed E-state index contributed by atoms with van der Waals surface area (Å²) in [5.74, 6) is 1.66. The van der Waals surface area contributed by atoms with Crippen molar-refractivity contribution in [2.75, 3.05) is 6.67 Å². The minimum Gasteiger partial charge on any atom is -0.251 e. The topological polar surface area (TPSA) is 0 Å². The van der Waals surface area contributed by atoms with Gasteiger partial charge in [0.25, 0.3) is 0 Å². The van der Waals surface area contributed by atoms with E-state index in [1.165, 1.54) is 32.1 Å². The zero-order valence-electron chi connectivity index (χ0n) is 7.48. The van der Waals surface area contributed by atoms with Crippen LogP contribution in [0.4, 0.5) is 4.39 Å². The number of rotatable bonds is 3. The maximum absolute atomic E-state index is 12.0. The van der Waals surface area contributed by atoms with Crippen molar-refractivity contribution in [2.24, 2.45) is 11.8 Å². The molecule has 0 atom stereocenters. The van der Waals surface area contributed by atoms with E-state index in [0.717, 1.165) is 12.3 Å². The highest BCUT2D eigenvalue weighted by molar-refractivity contribution is 4.71. The Morgan fingerprint density at radius 3 is 2.09 bits per heavy atom. The molecule has 0 saturated heterocycles. The molecule has 0 radical (unpaired) electrons. The molecule has 1 aliphatic carbocycles. The van der Waals surface area contributed by atoms with E-state index in [9.17, 15) is 4.39 Å². The van der Waals surface area contributed by atoms with Gasteiger partial charge in [0.05, 0.1) is 6.67 Å². The second-order valence-corrected chi connectivity index (χ2v) is 3.77. The maximum atomic E-state index is 12.0. The molecule has 0 aromatic carbocycles. The highest BCUT2D eigenvalue weighted by atomic mass is 19.1. The van der Waals surface area contributed by atoms with E-state index >= 15 is 0 Å². The third-order valence-electron chi connectivity index (χ3n) is 3.06. The van der Waals surface area contributed by atoms with Gasteiger partial charge in [-0.3, -0.25) is 4.39 Å². The molecule has 0 unspecified atom stereocenters. The molecule has 0 N–H and O–H groups in total. The van der Waals surface area contributed by atoms with Crippen molar-refractivity contribution in [3.63, 3.8) is 0 Å². The third kappa shape index (κ3) is 2.80. The summed E-state index contributed by atoms with van der Waals surface area (Å²) in [4.78, 5) is 0. The van der Waals surface area contributed by atoms with Crippen molar-refractivity contribution in [1.82, 2.24) is 0 Å². The van der Waals surface area contributed by atoms with Crippen LogP contribution in [0.15, 0.2) is 0 Å². The molecule has 1 heteroatoms. The van der Waals surface area contributed by atoms with Crippen molar-refractivity contribution < 1.29 is 4.39 Å². The predicted molar refractivity (Wildman–Crippen MR) is 46.3 cm³/mol. The zero-order chi connectivity index (χ0) is 8.10. The lowest BCUT2D eigenvalue weighted by Crippen LogP contribution is -2.14. The first-order valence-corrected chi connectivity index (χ1v) is 4.92. The van der Waals surface area contributed by atoms with Crippen LogP contribution in [0.3, 0.4) is 0 Å². The Labute approximate surface area is 69.2 Å². The average Bonchev–Trinajstić information content (AvgIpc) is 2.07. The van der Waals surface area contributed by atoms with Crippen LogP contribution in [0.25, 0.3) is 0 Å². The van der Waals surface area contributed by atoms with Gasteiger partial charge in [-0.05, 0) is 18.3 Å². The quantitative estimate of drug-likeness (QED) is 0.589. The maximum Gasteiger partial charge on any atom is 0.0897 e. The van der Waals surface area contributed by atoms with E-state index in [1.54, 1.807) is 0 Å². The van der Waals surface area contributed by atoms with Crippen molar-refractivity contribution >= 4 is 0 Å². The first-order chi connectivity index (χ1) is 5.36. The molecule has 0 heterocycles. The third-order valence-corrected chi connectivity index (χ3v) is 3.06. The lowest BCUT2D eigenvalue weighted by Gasteiger charge is -2.26. The first kappa shape index (κ1) is 9.02. The van der Waals surface area contributed by atoms with Crippen LogP contribution < -0.4 is 0 Å². The lowest BCUT2D eigenvalue weighted by molar-refractivity contribution is 0.243. The lowest BCUT2D eigenvalue weighted by atomic mass is 9.80. The van der Waals surface area contributed by atoms with Crippen LogP contribution in [0.2, 0.25) is 0 Å². The average molecular weight is 158 g/mol. The smallest absolute Gasteiger partial charge is 0.0897 e. The van der Waals surface area contributed by atoms with E-state index in [1.807, 2.05) is 0 Å². The van der Waals surface area contributed by atoms with Crippen LogP contribution >= 0.6 is 0 Å². The van der Waals surface area contributed by atoms with Crippen molar-refractivity contribution in [1.29, 1.82) is 0 Å². The van der Waals surface area contributed by atoms with Gasteiger partial charge < -0.3 is 0 Å². The van der Waals surface area contributed by atoms with Crippen LogP contribution in [-0.4, -0.2) is 6.67 Å². The highest BCUT2D eigenvalue weighted by Gasteiger charge is 2.19. The standard InChI is InChI=1S/C10H19F/c1-2-9-3-5-10(6-4-9)7-8-11/h9-10H,2-8H2,1H3. The van der Waals surface area contributed by atoms with Gasteiger partial charge in [-0.1, -0.05) is 39.0 Å². The molecule has 66 valence electrons. The normalized spacial score (nSPS) is 32.2. The largest absolute Gasteiger partial charge is 0.251 e. The van der Waals surface area contributed by atoms with Gasteiger partial charge >= 0.3 is 0 Å². The van der Waals surface area contributed by atoms with E-state index in [4.69, 9.17) is 0 Å². The van der Waals surface area contributed by atoms with Gasteiger partial charge in [0.2, 0.25) is 0 Å². The van der Waals surface area contributed by atoms with Gasteiger partial charge in [0.1, 0.15) is 0 Å². The molecular formula is C10H19F. The summed E-state index contributed by atoms with van der Waals surface area (Å²) in [6.07, 6.45) is 7.39. The van der Waals surface area contributed by atoms with Crippen LogP contribution in [0, 0.1) is 11.8 Å². The fourth-order valence-corrected chi connectivity index (χ4v) is 2.08. The Morgan fingerprint density at radius 2 is 1.64 bits per heavy atom. The predicted octanol–water partition coefficient (Wildman–Crippen LogP) is 3.56. The second kappa shape index (κ2) is 4.74. The monoisotopic (exact) mass is 158 g/mol. The summed E-state index contributed by atoms with van der Waals surface area (Å²) >= 11 is 0.